The fourth-order valence-electron chi connectivity index (χ4n) is 2.35. The number of carbonyl (C=O) groups is 2. The third kappa shape index (κ3) is 5.15. The zero-order valence-corrected chi connectivity index (χ0v) is 13.6. The van der Waals surface area contributed by atoms with Gasteiger partial charge in [-0.3, -0.25) is 9.59 Å². The van der Waals surface area contributed by atoms with Crippen LogP contribution < -0.4 is 10.6 Å². The molecule has 0 aromatic heterocycles. The van der Waals surface area contributed by atoms with E-state index in [2.05, 4.69) is 24.5 Å². The predicted octanol–water partition coefficient (Wildman–Crippen LogP) is 2.03. The lowest BCUT2D eigenvalue weighted by Gasteiger charge is -2.15. The summed E-state index contributed by atoms with van der Waals surface area (Å²) < 4.78 is 0. The van der Waals surface area contributed by atoms with Crippen molar-refractivity contribution in [2.45, 2.75) is 52.5 Å². The maximum atomic E-state index is 11.9. The zero-order valence-electron chi connectivity index (χ0n) is 13.6. The summed E-state index contributed by atoms with van der Waals surface area (Å²) in [6.07, 6.45) is 2.94. The number of nitrogens with one attached hydrogen (secondary N) is 2. The van der Waals surface area contributed by atoms with E-state index in [9.17, 15) is 9.59 Å². The highest BCUT2D eigenvalue weighted by molar-refractivity contribution is 6.39. The first-order valence-electron chi connectivity index (χ1n) is 7.90. The van der Waals surface area contributed by atoms with Crippen molar-refractivity contribution in [1.82, 2.24) is 5.32 Å². The van der Waals surface area contributed by atoms with E-state index < -0.39 is 11.8 Å². The van der Waals surface area contributed by atoms with Crippen LogP contribution in [0, 0.1) is 0 Å². The standard InChI is InChI=1S/C17H26N2O3/c1-4-12-7-8-15(11-13(12)5-2)19-17(22)16(21)18-14(6-3)9-10-20/h7-8,11,14,20H,4-6,9-10H2,1-3H3,(H,18,21)(H,19,22). The van der Waals surface area contributed by atoms with Crippen LogP contribution >= 0.6 is 0 Å². The molecule has 0 aliphatic rings. The van der Waals surface area contributed by atoms with Crippen LogP contribution in [0.5, 0.6) is 0 Å². The van der Waals surface area contributed by atoms with Crippen molar-refractivity contribution in [3.63, 3.8) is 0 Å². The van der Waals surface area contributed by atoms with Crippen molar-refractivity contribution < 1.29 is 14.7 Å². The quantitative estimate of drug-likeness (QED) is 0.674. The van der Waals surface area contributed by atoms with E-state index in [1.54, 1.807) is 0 Å². The molecule has 2 amide bonds. The number of aliphatic hydroxyl groups excluding tert-OH is 1. The molecule has 0 aliphatic carbocycles. The molecule has 0 radical (unpaired) electrons. The first-order chi connectivity index (χ1) is 10.5. The molecule has 1 aromatic rings. The van der Waals surface area contributed by atoms with Gasteiger partial charge in [0, 0.05) is 18.3 Å². The SMILES string of the molecule is CCc1ccc(NC(=O)C(=O)NC(CC)CCO)cc1CC. The number of benzene rings is 1. The molecule has 1 aromatic carbocycles. The Kier molecular flexibility index (Phi) is 7.60. The Hall–Kier alpha value is -1.88. The maximum absolute atomic E-state index is 11.9. The zero-order chi connectivity index (χ0) is 16.5. The Balaban J connectivity index is 2.69. The monoisotopic (exact) mass is 306 g/mol. The van der Waals surface area contributed by atoms with E-state index in [0.717, 1.165) is 12.8 Å². The average molecular weight is 306 g/mol. The molecule has 3 N–H and O–H groups in total. The molecular weight excluding hydrogens is 280 g/mol. The molecule has 0 heterocycles. The minimum atomic E-state index is -0.678. The summed E-state index contributed by atoms with van der Waals surface area (Å²) in [7, 11) is 0. The number of aryl methyl sites for hydroxylation is 2. The predicted molar refractivity (Wildman–Crippen MR) is 87.8 cm³/mol. The molecule has 1 unspecified atom stereocenters. The largest absolute Gasteiger partial charge is 0.396 e. The van der Waals surface area contributed by atoms with Gasteiger partial charge in [0.05, 0.1) is 0 Å². The van der Waals surface area contributed by atoms with Crippen LogP contribution in [0.25, 0.3) is 0 Å². The summed E-state index contributed by atoms with van der Waals surface area (Å²) in [5, 5.41) is 14.2. The normalized spacial score (nSPS) is 11.8. The van der Waals surface area contributed by atoms with Crippen molar-refractivity contribution >= 4 is 17.5 Å². The van der Waals surface area contributed by atoms with Gasteiger partial charge in [0.15, 0.2) is 0 Å². The topological polar surface area (TPSA) is 78.4 Å². The van der Waals surface area contributed by atoms with Gasteiger partial charge in [-0.05, 0) is 48.9 Å². The van der Waals surface area contributed by atoms with Crippen molar-refractivity contribution in [1.29, 1.82) is 0 Å². The van der Waals surface area contributed by atoms with Crippen LogP contribution in [-0.4, -0.2) is 29.6 Å². The molecule has 5 nitrogen and oxygen atoms in total. The van der Waals surface area contributed by atoms with Crippen molar-refractivity contribution in [3.8, 4) is 0 Å². The molecule has 0 fully saturated rings. The number of anilines is 1. The van der Waals surface area contributed by atoms with Crippen molar-refractivity contribution in [2.24, 2.45) is 0 Å². The maximum Gasteiger partial charge on any atom is 0.313 e. The van der Waals surface area contributed by atoms with Crippen LogP contribution in [0.4, 0.5) is 5.69 Å². The van der Waals surface area contributed by atoms with Gasteiger partial charge in [0.2, 0.25) is 0 Å². The number of amides is 2. The highest BCUT2D eigenvalue weighted by Gasteiger charge is 2.17. The minimum Gasteiger partial charge on any atom is -0.396 e. The minimum absolute atomic E-state index is 0.0151. The molecule has 0 spiro atoms. The second-order valence-corrected chi connectivity index (χ2v) is 5.24. The molecule has 0 bridgehead atoms. The summed E-state index contributed by atoms with van der Waals surface area (Å²) in [4.78, 5) is 23.8. The van der Waals surface area contributed by atoms with Gasteiger partial charge in [0.1, 0.15) is 0 Å². The Morgan fingerprint density at radius 2 is 1.77 bits per heavy atom. The number of hydrogen-bond acceptors (Lipinski definition) is 3. The van der Waals surface area contributed by atoms with Crippen LogP contribution in [-0.2, 0) is 22.4 Å². The molecule has 1 atom stereocenters. The molecule has 22 heavy (non-hydrogen) atoms. The smallest absolute Gasteiger partial charge is 0.313 e. The summed E-state index contributed by atoms with van der Waals surface area (Å²) in [6, 6.07) is 5.52. The van der Waals surface area contributed by atoms with E-state index in [-0.39, 0.29) is 12.6 Å². The average Bonchev–Trinajstić information content (AvgIpc) is 2.53. The first kappa shape index (κ1) is 18.2. The number of hydrogen-bond donors (Lipinski definition) is 3. The van der Waals surface area contributed by atoms with Crippen LogP contribution in [0.3, 0.4) is 0 Å². The van der Waals surface area contributed by atoms with Gasteiger partial charge in [-0.1, -0.05) is 26.8 Å². The van der Waals surface area contributed by atoms with E-state index in [4.69, 9.17) is 5.11 Å². The molecule has 0 saturated carbocycles. The highest BCUT2D eigenvalue weighted by atomic mass is 16.3. The van der Waals surface area contributed by atoms with E-state index in [0.29, 0.717) is 18.5 Å². The fourth-order valence-corrected chi connectivity index (χ4v) is 2.35. The van der Waals surface area contributed by atoms with Gasteiger partial charge in [-0.2, -0.15) is 0 Å². The molecule has 0 saturated heterocycles. The van der Waals surface area contributed by atoms with Gasteiger partial charge in [-0.15, -0.1) is 0 Å². The van der Waals surface area contributed by atoms with Gasteiger partial charge >= 0.3 is 11.8 Å². The molecule has 5 heteroatoms. The van der Waals surface area contributed by atoms with Gasteiger partial charge < -0.3 is 15.7 Å². The third-order valence-electron chi connectivity index (χ3n) is 3.74. The van der Waals surface area contributed by atoms with Crippen LogP contribution in [0.1, 0.15) is 44.7 Å². The van der Waals surface area contributed by atoms with E-state index in [1.165, 1.54) is 11.1 Å². The van der Waals surface area contributed by atoms with Crippen LogP contribution in [0.15, 0.2) is 18.2 Å². The van der Waals surface area contributed by atoms with Crippen LogP contribution in [0.2, 0.25) is 0 Å². The molecular formula is C17H26N2O3. The highest BCUT2D eigenvalue weighted by Crippen LogP contribution is 2.17. The molecule has 122 valence electrons. The molecule has 0 aliphatic heterocycles. The van der Waals surface area contributed by atoms with Crippen molar-refractivity contribution in [2.75, 3.05) is 11.9 Å². The first-order valence-corrected chi connectivity index (χ1v) is 7.90. The Morgan fingerprint density at radius 1 is 1.09 bits per heavy atom. The van der Waals surface area contributed by atoms with Gasteiger partial charge in [-0.25, -0.2) is 0 Å². The third-order valence-corrected chi connectivity index (χ3v) is 3.74. The second-order valence-electron chi connectivity index (χ2n) is 5.24. The van der Waals surface area contributed by atoms with E-state index >= 15 is 0 Å². The second kappa shape index (κ2) is 9.20. The summed E-state index contributed by atoms with van der Waals surface area (Å²) >= 11 is 0. The van der Waals surface area contributed by atoms with E-state index in [1.807, 2.05) is 25.1 Å². The Labute approximate surface area is 132 Å². The summed E-state index contributed by atoms with van der Waals surface area (Å²) in [5.74, 6) is -1.35. The lowest BCUT2D eigenvalue weighted by Crippen LogP contribution is -2.42. The summed E-state index contributed by atoms with van der Waals surface area (Å²) in [6.45, 7) is 6.04. The van der Waals surface area contributed by atoms with Crippen molar-refractivity contribution in [3.05, 3.63) is 29.3 Å². The fraction of sp³-hybridized carbons (Fsp3) is 0.529. The lowest BCUT2D eigenvalue weighted by atomic mass is 10.0. The number of rotatable bonds is 7. The summed E-state index contributed by atoms with van der Waals surface area (Å²) in [5.41, 5.74) is 3.05. The molecule has 1 rings (SSSR count). The van der Waals surface area contributed by atoms with Gasteiger partial charge in [0.25, 0.3) is 0 Å². The Bertz CT molecular complexity index is 515. The lowest BCUT2D eigenvalue weighted by molar-refractivity contribution is -0.136. The number of aliphatic hydroxyl groups is 1. The number of carbonyl (C=O) groups excluding carboxylic acids is 2. The Morgan fingerprint density at radius 3 is 2.32 bits per heavy atom.